The van der Waals surface area contributed by atoms with Gasteiger partial charge in [-0.2, -0.15) is 0 Å². The smallest absolute Gasteiger partial charge is 0.326 e. The number of carbonyl (C=O) groups excluding carboxylic acids is 1. The van der Waals surface area contributed by atoms with Crippen LogP contribution in [0.4, 0.5) is 0 Å². The van der Waals surface area contributed by atoms with E-state index in [2.05, 4.69) is 26.1 Å². The zero-order chi connectivity index (χ0) is 19.2. The molecule has 0 fully saturated rings. The second-order valence-electron chi connectivity index (χ2n) is 7.18. The number of carboxylic acid groups (broad SMARTS) is 1. The van der Waals surface area contributed by atoms with Crippen LogP contribution in [0.1, 0.15) is 31.9 Å². The third-order valence-electron chi connectivity index (χ3n) is 3.97. The van der Waals surface area contributed by atoms with Crippen molar-refractivity contribution >= 4 is 11.9 Å². The monoisotopic (exact) mass is 355 g/mol. The first-order valence-electron chi connectivity index (χ1n) is 8.56. The number of carbonyl (C=O) groups is 2. The number of benzene rings is 2. The summed E-state index contributed by atoms with van der Waals surface area (Å²) in [4.78, 5) is 23.6. The first kappa shape index (κ1) is 19.5. The van der Waals surface area contributed by atoms with Crippen LogP contribution in [-0.4, -0.2) is 29.6 Å². The molecule has 0 aliphatic heterocycles. The van der Waals surface area contributed by atoms with Crippen LogP contribution < -0.4 is 10.1 Å². The largest absolute Gasteiger partial charge is 0.483 e. The minimum absolute atomic E-state index is 0.121. The molecule has 5 heteroatoms. The Bertz CT molecular complexity index is 750. The summed E-state index contributed by atoms with van der Waals surface area (Å²) in [6.45, 7) is 5.96. The highest BCUT2D eigenvalue weighted by atomic mass is 16.5. The molecule has 0 saturated carbocycles. The van der Waals surface area contributed by atoms with E-state index in [1.165, 1.54) is 0 Å². The molecule has 0 radical (unpaired) electrons. The van der Waals surface area contributed by atoms with Crippen LogP contribution in [0, 0.1) is 0 Å². The highest BCUT2D eigenvalue weighted by Crippen LogP contribution is 2.30. The number of para-hydroxylation sites is 1. The molecule has 0 bridgehead atoms. The number of hydrogen-bond donors (Lipinski definition) is 2. The van der Waals surface area contributed by atoms with Crippen LogP contribution in [0.5, 0.6) is 5.75 Å². The van der Waals surface area contributed by atoms with Crippen molar-refractivity contribution in [3.63, 3.8) is 0 Å². The fraction of sp³-hybridized carbons (Fsp3) is 0.333. The molecule has 0 spiro atoms. The van der Waals surface area contributed by atoms with Crippen LogP contribution in [0.3, 0.4) is 0 Å². The number of carboxylic acids is 1. The summed E-state index contributed by atoms with van der Waals surface area (Å²) in [6, 6.07) is 15.7. The van der Waals surface area contributed by atoms with Gasteiger partial charge < -0.3 is 15.2 Å². The molecule has 1 unspecified atom stereocenters. The molecule has 2 N–H and O–H groups in total. The van der Waals surface area contributed by atoms with E-state index in [1.54, 1.807) is 0 Å². The number of amides is 1. The van der Waals surface area contributed by atoms with Crippen molar-refractivity contribution in [1.82, 2.24) is 5.32 Å². The zero-order valence-electron chi connectivity index (χ0n) is 15.4. The molecular formula is C21H25NO4. The van der Waals surface area contributed by atoms with E-state index < -0.39 is 17.9 Å². The van der Waals surface area contributed by atoms with Gasteiger partial charge in [-0.05, 0) is 22.6 Å². The van der Waals surface area contributed by atoms with Gasteiger partial charge in [0.25, 0.3) is 5.91 Å². The average molecular weight is 355 g/mol. The molecule has 26 heavy (non-hydrogen) atoms. The van der Waals surface area contributed by atoms with Crippen molar-refractivity contribution in [1.29, 1.82) is 0 Å². The molecule has 0 aliphatic rings. The third kappa shape index (κ3) is 5.62. The average Bonchev–Trinajstić information content (AvgIpc) is 2.59. The Labute approximate surface area is 154 Å². The Morgan fingerprint density at radius 1 is 1.04 bits per heavy atom. The first-order chi connectivity index (χ1) is 12.3. The molecule has 0 saturated heterocycles. The molecular weight excluding hydrogens is 330 g/mol. The lowest BCUT2D eigenvalue weighted by Crippen LogP contribution is -2.44. The molecule has 2 aromatic carbocycles. The van der Waals surface area contributed by atoms with Crippen molar-refractivity contribution in [2.24, 2.45) is 0 Å². The molecule has 0 heterocycles. The van der Waals surface area contributed by atoms with E-state index in [0.29, 0.717) is 5.75 Å². The van der Waals surface area contributed by atoms with E-state index >= 15 is 0 Å². The van der Waals surface area contributed by atoms with Crippen LogP contribution in [0.25, 0.3) is 0 Å². The Kier molecular flexibility index (Phi) is 6.39. The van der Waals surface area contributed by atoms with Gasteiger partial charge in [0.15, 0.2) is 6.61 Å². The second-order valence-corrected chi connectivity index (χ2v) is 7.18. The number of ether oxygens (including phenoxy) is 1. The van der Waals surface area contributed by atoms with Gasteiger partial charge in [-0.15, -0.1) is 0 Å². The molecule has 138 valence electrons. The number of hydrogen-bond acceptors (Lipinski definition) is 3. The number of nitrogens with one attached hydrogen (secondary N) is 1. The SMILES string of the molecule is CC(C)(C)c1ccccc1OCC(=O)NC(Cc1ccccc1)C(=O)O. The second kappa shape index (κ2) is 8.52. The first-order valence-corrected chi connectivity index (χ1v) is 8.56. The minimum atomic E-state index is -1.07. The van der Waals surface area contributed by atoms with E-state index in [1.807, 2.05) is 54.6 Å². The lowest BCUT2D eigenvalue weighted by atomic mass is 9.86. The van der Waals surface area contributed by atoms with Crippen LogP contribution >= 0.6 is 0 Å². The van der Waals surface area contributed by atoms with Gasteiger partial charge in [-0.1, -0.05) is 69.3 Å². The summed E-state index contributed by atoms with van der Waals surface area (Å²) in [5.74, 6) is -0.903. The maximum atomic E-state index is 12.2. The van der Waals surface area contributed by atoms with Gasteiger partial charge in [0.05, 0.1) is 0 Å². The summed E-state index contributed by atoms with van der Waals surface area (Å²) < 4.78 is 5.65. The van der Waals surface area contributed by atoms with E-state index in [4.69, 9.17) is 4.74 Å². The van der Waals surface area contributed by atoms with Gasteiger partial charge in [0.1, 0.15) is 11.8 Å². The van der Waals surface area contributed by atoms with Crippen LogP contribution in [0.2, 0.25) is 0 Å². The maximum Gasteiger partial charge on any atom is 0.326 e. The number of rotatable bonds is 7. The molecule has 0 aromatic heterocycles. The molecule has 1 atom stereocenters. The van der Waals surface area contributed by atoms with Crippen molar-refractivity contribution in [3.05, 3.63) is 65.7 Å². The van der Waals surface area contributed by atoms with E-state index in [9.17, 15) is 14.7 Å². The third-order valence-corrected chi connectivity index (χ3v) is 3.97. The lowest BCUT2D eigenvalue weighted by Gasteiger charge is -2.22. The van der Waals surface area contributed by atoms with Crippen LogP contribution in [0.15, 0.2) is 54.6 Å². The highest BCUT2D eigenvalue weighted by molar-refractivity contribution is 5.84. The van der Waals surface area contributed by atoms with E-state index in [0.717, 1.165) is 11.1 Å². The maximum absolute atomic E-state index is 12.2. The normalized spacial score (nSPS) is 12.3. The summed E-state index contributed by atoms with van der Waals surface area (Å²) in [6.07, 6.45) is 0.223. The summed E-state index contributed by atoms with van der Waals surface area (Å²) >= 11 is 0. The standard InChI is InChI=1S/C21H25NO4/c1-21(2,3)16-11-7-8-12-18(16)26-14-19(23)22-17(20(24)25)13-15-9-5-4-6-10-15/h4-12,17H,13-14H2,1-3H3,(H,22,23)(H,24,25). The molecule has 0 aliphatic carbocycles. The molecule has 5 nitrogen and oxygen atoms in total. The molecule has 2 aromatic rings. The van der Waals surface area contributed by atoms with E-state index in [-0.39, 0.29) is 18.4 Å². The predicted octanol–water partition coefficient (Wildman–Crippen LogP) is 3.18. The number of aliphatic carboxylic acids is 1. The fourth-order valence-corrected chi connectivity index (χ4v) is 2.64. The van der Waals surface area contributed by atoms with Gasteiger partial charge in [-0.3, -0.25) is 4.79 Å². The van der Waals surface area contributed by atoms with Gasteiger partial charge in [-0.25, -0.2) is 4.79 Å². The highest BCUT2D eigenvalue weighted by Gasteiger charge is 2.22. The molecule has 1 amide bonds. The summed E-state index contributed by atoms with van der Waals surface area (Å²) in [5.41, 5.74) is 1.72. The Hall–Kier alpha value is -2.82. The van der Waals surface area contributed by atoms with Crippen molar-refractivity contribution < 1.29 is 19.4 Å². The fourth-order valence-electron chi connectivity index (χ4n) is 2.64. The van der Waals surface area contributed by atoms with Crippen molar-refractivity contribution in [2.75, 3.05) is 6.61 Å². The van der Waals surface area contributed by atoms with Gasteiger partial charge in [0, 0.05) is 6.42 Å². The quantitative estimate of drug-likeness (QED) is 0.800. The Morgan fingerprint density at radius 3 is 2.27 bits per heavy atom. The topological polar surface area (TPSA) is 75.6 Å². The Morgan fingerprint density at radius 2 is 1.65 bits per heavy atom. The Balaban J connectivity index is 1.98. The summed E-state index contributed by atoms with van der Waals surface area (Å²) in [7, 11) is 0. The van der Waals surface area contributed by atoms with Crippen molar-refractivity contribution in [2.45, 2.75) is 38.6 Å². The molecule has 2 rings (SSSR count). The van der Waals surface area contributed by atoms with Crippen LogP contribution in [-0.2, 0) is 21.4 Å². The zero-order valence-corrected chi connectivity index (χ0v) is 15.4. The lowest BCUT2D eigenvalue weighted by molar-refractivity contribution is -0.142. The van der Waals surface area contributed by atoms with Gasteiger partial charge in [0.2, 0.25) is 0 Å². The van der Waals surface area contributed by atoms with Gasteiger partial charge >= 0.3 is 5.97 Å². The summed E-state index contributed by atoms with van der Waals surface area (Å²) in [5, 5.41) is 11.9. The predicted molar refractivity (Wildman–Crippen MR) is 100 cm³/mol. The minimum Gasteiger partial charge on any atom is -0.483 e. The van der Waals surface area contributed by atoms with Crippen molar-refractivity contribution in [3.8, 4) is 5.75 Å².